The fourth-order valence-corrected chi connectivity index (χ4v) is 2.83. The van der Waals surface area contributed by atoms with Crippen molar-refractivity contribution in [1.29, 1.82) is 0 Å². The Labute approximate surface area is 155 Å². The molecule has 3 aromatic rings. The first-order valence-corrected chi connectivity index (χ1v) is 8.63. The van der Waals surface area contributed by atoms with Crippen LogP contribution < -0.4 is 10.6 Å². The SMILES string of the molecule is CCNC(=O)NC(=O)C(C)OC(=O)c1oc2c(ccc3ccccc32)c1C. The maximum absolute atomic E-state index is 12.5. The summed E-state index contributed by atoms with van der Waals surface area (Å²) in [6.07, 6.45) is -1.15. The molecule has 2 N–H and O–H groups in total. The van der Waals surface area contributed by atoms with E-state index in [0.717, 1.165) is 16.2 Å². The van der Waals surface area contributed by atoms with Crippen molar-refractivity contribution < 1.29 is 23.5 Å². The van der Waals surface area contributed by atoms with Gasteiger partial charge in [-0.1, -0.05) is 36.4 Å². The molecule has 7 nitrogen and oxygen atoms in total. The average Bonchev–Trinajstić information content (AvgIpc) is 2.99. The number of ether oxygens (including phenoxy) is 1. The van der Waals surface area contributed by atoms with Crippen LogP contribution >= 0.6 is 0 Å². The Hall–Kier alpha value is -3.35. The van der Waals surface area contributed by atoms with Crippen molar-refractivity contribution in [3.63, 3.8) is 0 Å². The number of furan rings is 1. The van der Waals surface area contributed by atoms with E-state index >= 15 is 0 Å². The summed E-state index contributed by atoms with van der Waals surface area (Å²) >= 11 is 0. The van der Waals surface area contributed by atoms with E-state index in [4.69, 9.17) is 9.15 Å². The van der Waals surface area contributed by atoms with Crippen molar-refractivity contribution in [2.75, 3.05) is 6.54 Å². The van der Waals surface area contributed by atoms with Crippen LogP contribution in [0.4, 0.5) is 4.79 Å². The summed E-state index contributed by atoms with van der Waals surface area (Å²) in [5.41, 5.74) is 1.23. The number of hydrogen-bond acceptors (Lipinski definition) is 5. The quantitative estimate of drug-likeness (QED) is 0.689. The number of urea groups is 1. The lowest BCUT2D eigenvalue weighted by Crippen LogP contribution is -2.44. The summed E-state index contributed by atoms with van der Waals surface area (Å²) in [6.45, 7) is 5.25. The van der Waals surface area contributed by atoms with Crippen LogP contribution in [-0.4, -0.2) is 30.6 Å². The van der Waals surface area contributed by atoms with Gasteiger partial charge in [-0.25, -0.2) is 9.59 Å². The van der Waals surface area contributed by atoms with Crippen LogP contribution in [0.25, 0.3) is 21.7 Å². The number of rotatable bonds is 4. The molecule has 0 saturated carbocycles. The Kier molecular flexibility index (Phi) is 5.12. The first-order valence-electron chi connectivity index (χ1n) is 8.63. The first kappa shape index (κ1) is 18.4. The molecule has 3 amide bonds. The van der Waals surface area contributed by atoms with Gasteiger partial charge < -0.3 is 14.5 Å². The van der Waals surface area contributed by atoms with Gasteiger partial charge in [0, 0.05) is 22.9 Å². The Bertz CT molecular complexity index is 1040. The Balaban J connectivity index is 1.83. The highest BCUT2D eigenvalue weighted by molar-refractivity contribution is 6.08. The minimum absolute atomic E-state index is 0.0408. The predicted molar refractivity (Wildman–Crippen MR) is 101 cm³/mol. The number of benzene rings is 2. The minimum atomic E-state index is -1.15. The third-order valence-corrected chi connectivity index (χ3v) is 4.24. The number of amides is 3. The van der Waals surface area contributed by atoms with E-state index in [1.165, 1.54) is 6.92 Å². The summed E-state index contributed by atoms with van der Waals surface area (Å²) in [4.78, 5) is 35.9. The van der Waals surface area contributed by atoms with Gasteiger partial charge in [0.2, 0.25) is 5.76 Å². The number of aryl methyl sites for hydroxylation is 1. The maximum Gasteiger partial charge on any atom is 0.375 e. The lowest BCUT2D eigenvalue weighted by molar-refractivity contribution is -0.128. The van der Waals surface area contributed by atoms with Crippen LogP contribution in [0.2, 0.25) is 0 Å². The second-order valence-electron chi connectivity index (χ2n) is 6.12. The average molecular weight is 368 g/mol. The number of esters is 1. The van der Waals surface area contributed by atoms with Gasteiger partial charge in [-0.05, 0) is 26.2 Å². The van der Waals surface area contributed by atoms with Crippen LogP contribution in [0.1, 0.15) is 30.0 Å². The van der Waals surface area contributed by atoms with Crippen molar-refractivity contribution in [2.45, 2.75) is 26.9 Å². The van der Waals surface area contributed by atoms with Crippen LogP contribution in [0.15, 0.2) is 40.8 Å². The van der Waals surface area contributed by atoms with Gasteiger partial charge in [-0.3, -0.25) is 10.1 Å². The largest absolute Gasteiger partial charge is 0.448 e. The van der Waals surface area contributed by atoms with Crippen molar-refractivity contribution in [2.24, 2.45) is 0 Å². The number of fused-ring (bicyclic) bond motifs is 3. The van der Waals surface area contributed by atoms with E-state index in [1.807, 2.05) is 36.4 Å². The van der Waals surface area contributed by atoms with Crippen molar-refractivity contribution in [1.82, 2.24) is 10.6 Å². The van der Waals surface area contributed by atoms with Crippen LogP contribution in [0.5, 0.6) is 0 Å². The summed E-state index contributed by atoms with van der Waals surface area (Å²) in [5.74, 6) is -1.43. The summed E-state index contributed by atoms with van der Waals surface area (Å²) in [5, 5.41) is 7.22. The first-order chi connectivity index (χ1) is 12.9. The Morgan fingerprint density at radius 2 is 1.85 bits per heavy atom. The van der Waals surface area contributed by atoms with Crippen molar-refractivity contribution in [3.8, 4) is 0 Å². The third-order valence-electron chi connectivity index (χ3n) is 4.24. The highest BCUT2D eigenvalue weighted by Crippen LogP contribution is 2.32. The molecule has 0 aliphatic rings. The second kappa shape index (κ2) is 7.49. The lowest BCUT2D eigenvalue weighted by Gasteiger charge is -2.12. The van der Waals surface area contributed by atoms with E-state index in [9.17, 15) is 14.4 Å². The van der Waals surface area contributed by atoms with Gasteiger partial charge in [-0.2, -0.15) is 0 Å². The van der Waals surface area contributed by atoms with Crippen molar-refractivity contribution in [3.05, 3.63) is 47.7 Å². The number of carbonyl (C=O) groups excluding carboxylic acids is 3. The molecule has 0 bridgehead atoms. The molecule has 27 heavy (non-hydrogen) atoms. The third kappa shape index (κ3) is 3.62. The fraction of sp³-hybridized carbons (Fsp3) is 0.250. The second-order valence-corrected chi connectivity index (χ2v) is 6.12. The highest BCUT2D eigenvalue weighted by atomic mass is 16.6. The van der Waals surface area contributed by atoms with E-state index in [1.54, 1.807) is 13.8 Å². The monoisotopic (exact) mass is 368 g/mol. The number of carbonyl (C=O) groups is 3. The molecule has 1 atom stereocenters. The highest BCUT2D eigenvalue weighted by Gasteiger charge is 2.25. The lowest BCUT2D eigenvalue weighted by atomic mass is 10.1. The maximum atomic E-state index is 12.5. The Morgan fingerprint density at radius 3 is 2.59 bits per heavy atom. The van der Waals surface area contributed by atoms with Gasteiger partial charge in [0.1, 0.15) is 5.58 Å². The molecule has 0 spiro atoms. The van der Waals surface area contributed by atoms with Gasteiger partial charge in [0.15, 0.2) is 6.10 Å². The molecule has 7 heteroatoms. The van der Waals surface area contributed by atoms with E-state index in [0.29, 0.717) is 17.7 Å². The summed E-state index contributed by atoms with van der Waals surface area (Å²) in [6, 6.07) is 10.9. The molecule has 0 aliphatic carbocycles. The fourth-order valence-electron chi connectivity index (χ4n) is 2.83. The molecule has 1 aromatic heterocycles. The van der Waals surface area contributed by atoms with Crippen LogP contribution in [0, 0.1) is 6.92 Å². The number of imide groups is 1. The van der Waals surface area contributed by atoms with Crippen LogP contribution in [-0.2, 0) is 9.53 Å². The minimum Gasteiger partial charge on any atom is -0.448 e. The molecule has 2 aromatic carbocycles. The smallest absolute Gasteiger partial charge is 0.375 e. The van der Waals surface area contributed by atoms with Gasteiger partial charge in [-0.15, -0.1) is 0 Å². The molecule has 0 fully saturated rings. The predicted octanol–water partition coefficient (Wildman–Crippen LogP) is 3.29. The Morgan fingerprint density at radius 1 is 1.11 bits per heavy atom. The van der Waals surface area contributed by atoms with Crippen LogP contribution in [0.3, 0.4) is 0 Å². The molecule has 140 valence electrons. The molecular weight excluding hydrogens is 348 g/mol. The van der Waals surface area contributed by atoms with Gasteiger partial charge >= 0.3 is 12.0 Å². The normalized spacial score (nSPS) is 12.0. The molecule has 0 saturated heterocycles. The zero-order chi connectivity index (χ0) is 19.6. The molecular formula is C20H20N2O5. The molecule has 1 unspecified atom stereocenters. The molecule has 0 aliphatic heterocycles. The summed E-state index contributed by atoms with van der Waals surface area (Å²) in [7, 11) is 0. The zero-order valence-corrected chi connectivity index (χ0v) is 15.3. The zero-order valence-electron chi connectivity index (χ0n) is 15.3. The standard InChI is InChI=1S/C20H20N2O5/c1-4-21-20(25)22-18(23)12(3)26-19(24)16-11(2)14-10-9-13-7-5-6-8-15(13)17(14)27-16/h5-10,12H,4H2,1-3H3,(H2,21,22,23,25). The van der Waals surface area contributed by atoms with E-state index in [2.05, 4.69) is 10.6 Å². The van der Waals surface area contributed by atoms with Crippen molar-refractivity contribution >= 4 is 39.6 Å². The topological polar surface area (TPSA) is 97.6 Å². The van der Waals surface area contributed by atoms with E-state index < -0.39 is 24.0 Å². The number of hydrogen-bond donors (Lipinski definition) is 2. The number of nitrogens with one attached hydrogen (secondary N) is 2. The molecule has 0 radical (unpaired) electrons. The summed E-state index contributed by atoms with van der Waals surface area (Å²) < 4.78 is 11.0. The van der Waals surface area contributed by atoms with Gasteiger partial charge in [0.05, 0.1) is 0 Å². The molecule has 1 heterocycles. The van der Waals surface area contributed by atoms with Gasteiger partial charge in [0.25, 0.3) is 5.91 Å². The van der Waals surface area contributed by atoms with E-state index in [-0.39, 0.29) is 5.76 Å². The molecule has 3 rings (SSSR count).